The predicted molar refractivity (Wildman–Crippen MR) is 139 cm³/mol. The molecule has 4 rings (SSSR count). The van der Waals surface area contributed by atoms with Gasteiger partial charge in [0, 0.05) is 16.5 Å². The highest BCUT2D eigenvalue weighted by Gasteiger charge is 2.18. The number of benzene rings is 3. The van der Waals surface area contributed by atoms with E-state index in [1.807, 2.05) is 25.1 Å². The highest BCUT2D eigenvalue weighted by atomic mass is 35.5. The third-order valence-corrected chi connectivity index (χ3v) is 6.73. The molecular weight excluding hydrogens is 532 g/mol. The molecule has 1 aromatic heterocycles. The van der Waals surface area contributed by atoms with Crippen molar-refractivity contribution in [1.29, 1.82) is 0 Å². The molecule has 0 spiro atoms. The third kappa shape index (κ3) is 6.46. The third-order valence-electron chi connectivity index (χ3n) is 4.88. The van der Waals surface area contributed by atoms with E-state index in [0.717, 1.165) is 5.56 Å². The molecule has 0 aliphatic heterocycles. The van der Waals surface area contributed by atoms with E-state index >= 15 is 0 Å². The van der Waals surface area contributed by atoms with E-state index in [1.165, 1.54) is 35.5 Å². The van der Waals surface area contributed by atoms with Crippen LogP contribution >= 0.6 is 46.6 Å². The zero-order chi connectivity index (χ0) is 24.9. The molecule has 0 atom stereocenters. The number of thioether (sulfide) groups is 1. The van der Waals surface area contributed by atoms with E-state index in [2.05, 4.69) is 26.9 Å². The first-order valence-electron chi connectivity index (χ1n) is 10.4. The SMILES string of the molecule is Cc1cccc(CSc2nnc(CNC(=O)Nc3ccc(F)c(Cl)c3)n2-c2cc(Cl)ccc2Cl)c1. The normalized spacial score (nSPS) is 10.9. The zero-order valence-corrected chi connectivity index (χ0v) is 21.4. The number of hydrogen-bond acceptors (Lipinski definition) is 4. The first-order valence-corrected chi connectivity index (χ1v) is 12.5. The summed E-state index contributed by atoms with van der Waals surface area (Å²) in [6, 6.07) is 16.7. The van der Waals surface area contributed by atoms with Crippen LogP contribution < -0.4 is 10.6 Å². The van der Waals surface area contributed by atoms with Crippen molar-refractivity contribution in [2.24, 2.45) is 0 Å². The van der Waals surface area contributed by atoms with Gasteiger partial charge in [-0.15, -0.1) is 10.2 Å². The second kappa shape index (κ2) is 11.3. The monoisotopic (exact) mass is 549 g/mol. The molecule has 180 valence electrons. The Morgan fingerprint density at radius 3 is 2.63 bits per heavy atom. The summed E-state index contributed by atoms with van der Waals surface area (Å²) in [6.07, 6.45) is 0. The molecule has 0 saturated heterocycles. The standard InChI is InChI=1S/C24H19Cl3FN5OS/c1-14-3-2-4-15(9-14)13-35-24-32-31-22(33(24)21-10-16(25)5-7-18(21)26)12-29-23(34)30-17-6-8-20(28)19(27)11-17/h2-11H,12-13H2,1H3,(H2,29,30,34). The minimum atomic E-state index is -0.570. The molecule has 0 unspecified atom stereocenters. The van der Waals surface area contributed by atoms with E-state index in [9.17, 15) is 9.18 Å². The van der Waals surface area contributed by atoms with Gasteiger partial charge in [0.05, 0.1) is 22.3 Å². The Balaban J connectivity index is 1.55. The van der Waals surface area contributed by atoms with E-state index in [4.69, 9.17) is 34.8 Å². The molecule has 11 heteroatoms. The van der Waals surface area contributed by atoms with Crippen molar-refractivity contribution in [3.63, 3.8) is 0 Å². The van der Waals surface area contributed by atoms with Crippen LogP contribution in [-0.4, -0.2) is 20.8 Å². The van der Waals surface area contributed by atoms with Crippen molar-refractivity contribution < 1.29 is 9.18 Å². The van der Waals surface area contributed by atoms with Gasteiger partial charge in [0.2, 0.25) is 0 Å². The highest BCUT2D eigenvalue weighted by molar-refractivity contribution is 7.98. The van der Waals surface area contributed by atoms with Crippen molar-refractivity contribution in [3.05, 3.63) is 98.5 Å². The minimum Gasteiger partial charge on any atom is -0.331 e. The first kappa shape index (κ1) is 25.3. The Hall–Kier alpha value is -2.78. The molecule has 0 aliphatic rings. The first-order chi connectivity index (χ1) is 16.8. The number of urea groups is 1. The number of nitrogens with one attached hydrogen (secondary N) is 2. The fourth-order valence-corrected chi connectivity index (χ4v) is 4.72. The fraction of sp³-hybridized carbons (Fsp3) is 0.125. The molecule has 4 aromatic rings. The second-order valence-corrected chi connectivity index (χ2v) is 9.74. The van der Waals surface area contributed by atoms with Crippen molar-refractivity contribution >= 4 is 58.3 Å². The maximum atomic E-state index is 13.4. The van der Waals surface area contributed by atoms with Gasteiger partial charge in [0.25, 0.3) is 0 Å². The summed E-state index contributed by atoms with van der Waals surface area (Å²) in [6.45, 7) is 2.08. The molecule has 0 radical (unpaired) electrons. The van der Waals surface area contributed by atoms with Crippen molar-refractivity contribution in [2.45, 2.75) is 24.4 Å². The van der Waals surface area contributed by atoms with Crippen LogP contribution in [0, 0.1) is 12.7 Å². The lowest BCUT2D eigenvalue weighted by Crippen LogP contribution is -2.29. The number of nitrogens with zero attached hydrogens (tertiary/aromatic N) is 3. The number of aromatic nitrogens is 3. The molecule has 35 heavy (non-hydrogen) atoms. The molecule has 2 amide bonds. The van der Waals surface area contributed by atoms with Crippen LogP contribution in [0.2, 0.25) is 15.1 Å². The summed E-state index contributed by atoms with van der Waals surface area (Å²) in [4.78, 5) is 12.4. The van der Waals surface area contributed by atoms with Crippen LogP contribution in [0.4, 0.5) is 14.9 Å². The smallest absolute Gasteiger partial charge is 0.319 e. The lowest BCUT2D eigenvalue weighted by atomic mass is 10.2. The minimum absolute atomic E-state index is 0.0433. The van der Waals surface area contributed by atoms with Gasteiger partial charge in [-0.2, -0.15) is 0 Å². The van der Waals surface area contributed by atoms with Gasteiger partial charge in [-0.25, -0.2) is 9.18 Å². The summed E-state index contributed by atoms with van der Waals surface area (Å²) in [7, 11) is 0. The van der Waals surface area contributed by atoms with Gasteiger partial charge in [0.15, 0.2) is 11.0 Å². The second-order valence-electron chi connectivity index (χ2n) is 7.54. The zero-order valence-electron chi connectivity index (χ0n) is 18.4. The summed E-state index contributed by atoms with van der Waals surface area (Å²) < 4.78 is 15.1. The van der Waals surface area contributed by atoms with Crippen LogP contribution in [0.1, 0.15) is 17.0 Å². The van der Waals surface area contributed by atoms with Crippen LogP contribution in [-0.2, 0) is 12.3 Å². The molecule has 0 bridgehead atoms. The topological polar surface area (TPSA) is 71.8 Å². The molecule has 3 aromatic carbocycles. The Morgan fingerprint density at radius 1 is 1.03 bits per heavy atom. The average molecular weight is 551 g/mol. The number of carbonyl (C=O) groups excluding carboxylic acids is 1. The lowest BCUT2D eigenvalue weighted by molar-refractivity contribution is 0.251. The number of anilines is 1. The van der Waals surface area contributed by atoms with Crippen molar-refractivity contribution in [3.8, 4) is 5.69 Å². The van der Waals surface area contributed by atoms with Gasteiger partial charge in [-0.1, -0.05) is 76.4 Å². The number of halogens is 4. The Morgan fingerprint density at radius 2 is 1.86 bits per heavy atom. The lowest BCUT2D eigenvalue weighted by Gasteiger charge is -2.13. The van der Waals surface area contributed by atoms with E-state index < -0.39 is 11.8 Å². The highest BCUT2D eigenvalue weighted by Crippen LogP contribution is 2.31. The Labute approximate surface area is 220 Å². The van der Waals surface area contributed by atoms with Crippen molar-refractivity contribution in [2.75, 3.05) is 5.32 Å². The predicted octanol–water partition coefficient (Wildman–Crippen LogP) is 7.29. The van der Waals surface area contributed by atoms with Gasteiger partial charge in [0.1, 0.15) is 5.82 Å². The molecule has 0 saturated carbocycles. The summed E-state index contributed by atoms with van der Waals surface area (Å²) in [5, 5.41) is 15.4. The average Bonchev–Trinajstić information content (AvgIpc) is 3.23. The summed E-state index contributed by atoms with van der Waals surface area (Å²) in [5.41, 5.74) is 3.25. The number of aryl methyl sites for hydroxylation is 1. The molecule has 1 heterocycles. The van der Waals surface area contributed by atoms with Crippen LogP contribution in [0.5, 0.6) is 0 Å². The largest absolute Gasteiger partial charge is 0.331 e. The maximum absolute atomic E-state index is 13.4. The van der Waals surface area contributed by atoms with E-state index in [1.54, 1.807) is 22.8 Å². The maximum Gasteiger partial charge on any atom is 0.319 e. The molecule has 0 fully saturated rings. The van der Waals surface area contributed by atoms with E-state index in [0.29, 0.717) is 38.2 Å². The number of hydrogen-bond donors (Lipinski definition) is 2. The fourth-order valence-electron chi connectivity index (χ4n) is 3.27. The number of carbonyl (C=O) groups is 1. The Bertz CT molecular complexity index is 1380. The summed E-state index contributed by atoms with van der Waals surface area (Å²) in [5.74, 6) is 0.546. The van der Waals surface area contributed by atoms with Crippen LogP contribution in [0.25, 0.3) is 5.69 Å². The summed E-state index contributed by atoms with van der Waals surface area (Å²) >= 11 is 20.0. The van der Waals surface area contributed by atoms with Crippen LogP contribution in [0.15, 0.2) is 65.8 Å². The van der Waals surface area contributed by atoms with Gasteiger partial charge in [-0.05, 0) is 48.9 Å². The molecule has 0 aliphatic carbocycles. The van der Waals surface area contributed by atoms with Gasteiger partial charge >= 0.3 is 6.03 Å². The van der Waals surface area contributed by atoms with Gasteiger partial charge in [-0.3, -0.25) is 4.57 Å². The number of amides is 2. The van der Waals surface area contributed by atoms with Crippen LogP contribution in [0.3, 0.4) is 0 Å². The van der Waals surface area contributed by atoms with Gasteiger partial charge < -0.3 is 10.6 Å². The quantitative estimate of drug-likeness (QED) is 0.237. The molecular formula is C24H19Cl3FN5OS. The molecule has 2 N–H and O–H groups in total. The van der Waals surface area contributed by atoms with Crippen molar-refractivity contribution in [1.82, 2.24) is 20.1 Å². The number of rotatable bonds is 7. The van der Waals surface area contributed by atoms with E-state index in [-0.39, 0.29) is 11.6 Å². The molecule has 6 nitrogen and oxygen atoms in total. The Kier molecular flexibility index (Phi) is 8.18.